The van der Waals surface area contributed by atoms with E-state index in [0.717, 1.165) is 12.0 Å². The van der Waals surface area contributed by atoms with E-state index in [1.807, 2.05) is 31.2 Å². The van der Waals surface area contributed by atoms with E-state index in [1.165, 1.54) is 5.56 Å². The van der Waals surface area contributed by atoms with Crippen molar-refractivity contribution in [3.8, 4) is 0 Å². The van der Waals surface area contributed by atoms with Gasteiger partial charge in [0.25, 0.3) is 0 Å². The molecule has 0 bridgehead atoms. The second-order valence-corrected chi connectivity index (χ2v) is 5.48. The fraction of sp³-hybridized carbons (Fsp3) is 0.500. The smallest absolute Gasteiger partial charge is 0.223 e. The molecule has 1 heterocycles. The first-order valence-electron chi connectivity index (χ1n) is 7.32. The molecule has 2 rings (SSSR count). The van der Waals surface area contributed by atoms with Crippen molar-refractivity contribution < 1.29 is 14.7 Å². The number of nitrogens with one attached hydrogen (secondary N) is 1. The van der Waals surface area contributed by atoms with E-state index < -0.39 is 0 Å². The van der Waals surface area contributed by atoms with Gasteiger partial charge in [-0.3, -0.25) is 9.59 Å². The van der Waals surface area contributed by atoms with Gasteiger partial charge in [-0.05, 0) is 18.9 Å². The molecule has 1 aromatic carbocycles. The van der Waals surface area contributed by atoms with Crippen LogP contribution in [0, 0.1) is 6.92 Å². The van der Waals surface area contributed by atoms with Crippen LogP contribution in [0.3, 0.4) is 0 Å². The highest BCUT2D eigenvalue weighted by Crippen LogP contribution is 2.23. The van der Waals surface area contributed by atoms with Gasteiger partial charge in [0.2, 0.25) is 11.8 Å². The summed E-state index contributed by atoms with van der Waals surface area (Å²) in [6.07, 6.45) is 1.53. The maximum absolute atomic E-state index is 12.0. The number of carbonyl (C=O) groups excluding carboxylic acids is 2. The summed E-state index contributed by atoms with van der Waals surface area (Å²) >= 11 is 0. The van der Waals surface area contributed by atoms with Crippen molar-refractivity contribution >= 4 is 11.8 Å². The molecule has 0 aromatic heterocycles. The molecular weight excluding hydrogens is 268 g/mol. The maximum Gasteiger partial charge on any atom is 0.223 e. The lowest BCUT2D eigenvalue weighted by Gasteiger charge is -2.24. The molecule has 1 aliphatic rings. The summed E-state index contributed by atoms with van der Waals surface area (Å²) in [7, 11) is 0. The van der Waals surface area contributed by atoms with Crippen LogP contribution in [-0.4, -0.2) is 41.0 Å². The predicted molar refractivity (Wildman–Crippen MR) is 79.5 cm³/mol. The van der Waals surface area contributed by atoms with Crippen LogP contribution < -0.4 is 5.32 Å². The summed E-state index contributed by atoms with van der Waals surface area (Å²) < 4.78 is 0. The van der Waals surface area contributed by atoms with Crippen molar-refractivity contribution in [2.75, 3.05) is 13.2 Å². The molecule has 0 radical (unpaired) electrons. The van der Waals surface area contributed by atoms with Crippen molar-refractivity contribution in [3.05, 3.63) is 35.4 Å². The highest BCUT2D eigenvalue weighted by molar-refractivity contribution is 5.82. The Balaban J connectivity index is 1.96. The van der Waals surface area contributed by atoms with Crippen molar-refractivity contribution in [2.24, 2.45) is 0 Å². The molecule has 2 N–H and O–H groups in total. The number of nitrogens with zero attached hydrogens (tertiary/aromatic N) is 1. The third-order valence-electron chi connectivity index (χ3n) is 3.78. The topological polar surface area (TPSA) is 69.6 Å². The number of carbonyl (C=O) groups is 2. The number of likely N-dealkylation sites (tertiary alicyclic amines) is 1. The van der Waals surface area contributed by atoms with Gasteiger partial charge >= 0.3 is 0 Å². The second kappa shape index (κ2) is 7.22. The van der Waals surface area contributed by atoms with Gasteiger partial charge in [-0.1, -0.05) is 29.8 Å². The summed E-state index contributed by atoms with van der Waals surface area (Å²) in [6.45, 7) is 2.77. The lowest BCUT2D eigenvalue weighted by Crippen LogP contribution is -2.37. The van der Waals surface area contributed by atoms with Gasteiger partial charge in [0.05, 0.1) is 6.61 Å². The normalized spacial score (nSPS) is 18.1. The average molecular weight is 290 g/mol. The Hall–Kier alpha value is -1.88. The number of amides is 2. The number of hydrogen-bond donors (Lipinski definition) is 2. The number of aliphatic hydroxyl groups is 1. The average Bonchev–Trinajstić information content (AvgIpc) is 2.80. The highest BCUT2D eigenvalue weighted by atomic mass is 16.3. The third kappa shape index (κ3) is 4.29. The molecule has 5 nitrogen and oxygen atoms in total. The quantitative estimate of drug-likeness (QED) is 0.820. The molecule has 0 saturated carbocycles. The number of hydrogen-bond acceptors (Lipinski definition) is 3. The zero-order valence-corrected chi connectivity index (χ0v) is 12.3. The SMILES string of the molecule is Cc1ccc(CN2C(=O)CCC2CC(=O)NCCO)cc1. The number of aliphatic hydroxyl groups excluding tert-OH is 1. The van der Waals surface area contributed by atoms with Crippen LogP contribution >= 0.6 is 0 Å². The summed E-state index contributed by atoms with van der Waals surface area (Å²) in [5.41, 5.74) is 2.27. The number of benzene rings is 1. The van der Waals surface area contributed by atoms with Gasteiger partial charge in [0.1, 0.15) is 0 Å². The fourth-order valence-corrected chi connectivity index (χ4v) is 2.59. The first-order chi connectivity index (χ1) is 10.1. The standard InChI is InChI=1S/C16H22N2O3/c1-12-2-4-13(5-3-12)11-18-14(6-7-16(18)21)10-15(20)17-8-9-19/h2-5,14,19H,6-11H2,1H3,(H,17,20). The Bertz CT molecular complexity index is 499. The van der Waals surface area contributed by atoms with Crippen LogP contribution in [0.2, 0.25) is 0 Å². The van der Waals surface area contributed by atoms with Crippen molar-refractivity contribution in [2.45, 2.75) is 38.8 Å². The van der Waals surface area contributed by atoms with Gasteiger partial charge in [0.15, 0.2) is 0 Å². The molecule has 1 aromatic rings. The third-order valence-corrected chi connectivity index (χ3v) is 3.78. The first-order valence-corrected chi connectivity index (χ1v) is 7.32. The minimum atomic E-state index is -0.113. The summed E-state index contributed by atoms with van der Waals surface area (Å²) in [4.78, 5) is 25.5. The Morgan fingerprint density at radius 2 is 2.10 bits per heavy atom. The van der Waals surface area contributed by atoms with E-state index in [9.17, 15) is 9.59 Å². The summed E-state index contributed by atoms with van der Waals surface area (Å²) in [5, 5.41) is 11.3. The molecule has 0 spiro atoms. The van der Waals surface area contributed by atoms with Crippen LogP contribution in [0.5, 0.6) is 0 Å². The number of aryl methyl sites for hydroxylation is 1. The molecule has 0 aliphatic carbocycles. The molecule has 1 fully saturated rings. The van der Waals surface area contributed by atoms with E-state index in [-0.39, 0.29) is 31.0 Å². The minimum Gasteiger partial charge on any atom is -0.395 e. The van der Waals surface area contributed by atoms with Crippen LogP contribution in [0.1, 0.15) is 30.4 Å². The zero-order chi connectivity index (χ0) is 15.2. The van der Waals surface area contributed by atoms with E-state index >= 15 is 0 Å². The van der Waals surface area contributed by atoms with E-state index in [2.05, 4.69) is 5.32 Å². The van der Waals surface area contributed by atoms with Gasteiger partial charge in [-0.15, -0.1) is 0 Å². The molecule has 1 aliphatic heterocycles. The molecule has 1 atom stereocenters. The first kappa shape index (κ1) is 15.5. The van der Waals surface area contributed by atoms with E-state index in [0.29, 0.717) is 19.4 Å². The Kier molecular flexibility index (Phi) is 5.33. The molecule has 2 amide bonds. The largest absolute Gasteiger partial charge is 0.395 e. The maximum atomic E-state index is 12.0. The highest BCUT2D eigenvalue weighted by Gasteiger charge is 2.32. The van der Waals surface area contributed by atoms with Crippen molar-refractivity contribution in [1.82, 2.24) is 10.2 Å². The Labute approximate surface area is 125 Å². The van der Waals surface area contributed by atoms with Crippen molar-refractivity contribution in [3.63, 3.8) is 0 Å². The van der Waals surface area contributed by atoms with Crippen molar-refractivity contribution in [1.29, 1.82) is 0 Å². The lowest BCUT2D eigenvalue weighted by molar-refractivity contribution is -0.130. The van der Waals surface area contributed by atoms with Crippen LogP contribution in [0.15, 0.2) is 24.3 Å². The summed E-state index contributed by atoms with van der Waals surface area (Å²) in [6, 6.07) is 8.04. The predicted octanol–water partition coefficient (Wildman–Crippen LogP) is 0.985. The Morgan fingerprint density at radius 3 is 2.76 bits per heavy atom. The fourth-order valence-electron chi connectivity index (χ4n) is 2.59. The Morgan fingerprint density at radius 1 is 1.38 bits per heavy atom. The van der Waals surface area contributed by atoms with E-state index in [4.69, 9.17) is 5.11 Å². The molecule has 21 heavy (non-hydrogen) atoms. The van der Waals surface area contributed by atoms with Gasteiger partial charge in [-0.2, -0.15) is 0 Å². The number of rotatable bonds is 6. The van der Waals surface area contributed by atoms with Gasteiger partial charge in [0, 0.05) is 32.0 Å². The molecule has 114 valence electrons. The summed E-state index contributed by atoms with van der Waals surface area (Å²) in [5.74, 6) is -0.00631. The monoisotopic (exact) mass is 290 g/mol. The molecule has 1 unspecified atom stereocenters. The van der Waals surface area contributed by atoms with E-state index in [1.54, 1.807) is 4.90 Å². The van der Waals surface area contributed by atoms with Gasteiger partial charge in [-0.25, -0.2) is 0 Å². The van der Waals surface area contributed by atoms with Gasteiger partial charge < -0.3 is 15.3 Å². The van der Waals surface area contributed by atoms with Crippen LogP contribution in [0.25, 0.3) is 0 Å². The minimum absolute atomic E-state index is 0.0440. The molecule has 1 saturated heterocycles. The zero-order valence-electron chi connectivity index (χ0n) is 12.3. The van der Waals surface area contributed by atoms with Crippen LogP contribution in [0.4, 0.5) is 0 Å². The molecule has 5 heteroatoms. The van der Waals surface area contributed by atoms with Crippen LogP contribution in [-0.2, 0) is 16.1 Å². The lowest BCUT2D eigenvalue weighted by atomic mass is 10.1. The second-order valence-electron chi connectivity index (χ2n) is 5.48. The molecular formula is C16H22N2O3.